The second-order valence-corrected chi connectivity index (χ2v) is 7.55. The van der Waals surface area contributed by atoms with Crippen LogP contribution in [0.4, 0.5) is 5.13 Å². The number of hydrogen-bond acceptors (Lipinski definition) is 5. The molecule has 6 heteroatoms. The Kier molecular flexibility index (Phi) is 5.71. The molecule has 1 fully saturated rings. The van der Waals surface area contributed by atoms with E-state index in [1.54, 1.807) is 5.38 Å². The van der Waals surface area contributed by atoms with Gasteiger partial charge >= 0.3 is 0 Å². The number of thiazole rings is 1. The summed E-state index contributed by atoms with van der Waals surface area (Å²) in [5.74, 6) is -0.233. The van der Waals surface area contributed by atoms with Gasteiger partial charge in [0.05, 0.1) is 6.10 Å². The lowest BCUT2D eigenvalue weighted by molar-refractivity contribution is 0.0912. The van der Waals surface area contributed by atoms with Crippen molar-refractivity contribution < 1.29 is 9.90 Å². The van der Waals surface area contributed by atoms with Gasteiger partial charge < -0.3 is 15.3 Å². The first-order valence-corrected chi connectivity index (χ1v) is 9.66. The number of aliphatic hydroxyl groups excluding tert-OH is 1. The standard InChI is InChI=1S/C19H25N3O2S/c1-13-8-14(2)10-15(9-13)17(23)11-20-18(24)16-12-25-19(21-16)22-6-4-3-5-7-22/h8-10,12,17,23H,3-7,11H2,1-2H3,(H,20,24). The molecule has 2 aromatic rings. The van der Waals surface area contributed by atoms with Crippen LogP contribution >= 0.6 is 11.3 Å². The fraction of sp³-hybridized carbons (Fsp3) is 0.474. The van der Waals surface area contributed by atoms with Crippen LogP contribution < -0.4 is 10.2 Å². The van der Waals surface area contributed by atoms with Gasteiger partial charge in [0, 0.05) is 25.0 Å². The molecule has 1 aromatic carbocycles. The summed E-state index contributed by atoms with van der Waals surface area (Å²) in [7, 11) is 0. The number of piperidine rings is 1. The van der Waals surface area contributed by atoms with Gasteiger partial charge in [0.1, 0.15) is 5.69 Å². The Morgan fingerprint density at radius 2 is 1.92 bits per heavy atom. The molecule has 1 amide bonds. The molecule has 1 aliphatic heterocycles. The highest BCUT2D eigenvalue weighted by Gasteiger charge is 2.18. The number of aliphatic hydroxyl groups is 1. The molecule has 5 nitrogen and oxygen atoms in total. The Morgan fingerprint density at radius 1 is 1.24 bits per heavy atom. The maximum atomic E-state index is 12.3. The van der Waals surface area contributed by atoms with E-state index < -0.39 is 6.10 Å². The predicted octanol–water partition coefficient (Wildman–Crippen LogP) is 3.21. The molecular weight excluding hydrogens is 334 g/mol. The van der Waals surface area contributed by atoms with E-state index in [0.717, 1.165) is 34.9 Å². The second kappa shape index (κ2) is 7.97. The highest BCUT2D eigenvalue weighted by molar-refractivity contribution is 7.13. The Morgan fingerprint density at radius 3 is 2.60 bits per heavy atom. The van der Waals surface area contributed by atoms with Gasteiger partial charge in [-0.05, 0) is 38.7 Å². The van der Waals surface area contributed by atoms with Crippen molar-refractivity contribution >= 4 is 22.4 Å². The average Bonchev–Trinajstić information content (AvgIpc) is 3.09. The molecule has 0 bridgehead atoms. The van der Waals surface area contributed by atoms with Crippen molar-refractivity contribution in [2.45, 2.75) is 39.2 Å². The Labute approximate surface area is 152 Å². The molecule has 25 heavy (non-hydrogen) atoms. The van der Waals surface area contributed by atoms with Crippen LogP contribution in [0.3, 0.4) is 0 Å². The van der Waals surface area contributed by atoms with Crippen molar-refractivity contribution in [2.75, 3.05) is 24.5 Å². The lowest BCUT2D eigenvalue weighted by Gasteiger charge is -2.25. The largest absolute Gasteiger partial charge is 0.387 e. The van der Waals surface area contributed by atoms with Crippen molar-refractivity contribution in [2.24, 2.45) is 0 Å². The summed E-state index contributed by atoms with van der Waals surface area (Å²) < 4.78 is 0. The van der Waals surface area contributed by atoms with Gasteiger partial charge in [0.2, 0.25) is 0 Å². The van der Waals surface area contributed by atoms with Gasteiger partial charge in [0.25, 0.3) is 5.91 Å². The molecule has 0 aliphatic carbocycles. The summed E-state index contributed by atoms with van der Waals surface area (Å²) in [6.07, 6.45) is 2.92. The van der Waals surface area contributed by atoms with E-state index in [0.29, 0.717) is 5.69 Å². The number of nitrogens with one attached hydrogen (secondary N) is 1. The summed E-state index contributed by atoms with van der Waals surface area (Å²) in [5, 5.41) is 15.8. The zero-order chi connectivity index (χ0) is 17.8. The van der Waals surface area contributed by atoms with Gasteiger partial charge in [-0.25, -0.2) is 4.98 Å². The Balaban J connectivity index is 1.58. The molecule has 0 radical (unpaired) electrons. The fourth-order valence-corrected chi connectivity index (χ4v) is 4.06. The molecule has 0 spiro atoms. The van der Waals surface area contributed by atoms with E-state index in [1.165, 1.54) is 30.6 Å². The number of aryl methyl sites for hydroxylation is 2. The third-order valence-electron chi connectivity index (χ3n) is 4.44. The second-order valence-electron chi connectivity index (χ2n) is 6.71. The Hall–Kier alpha value is -1.92. The number of hydrogen-bond donors (Lipinski definition) is 2. The minimum atomic E-state index is -0.720. The number of benzene rings is 1. The van der Waals surface area contributed by atoms with Gasteiger partial charge in [-0.2, -0.15) is 0 Å². The lowest BCUT2D eigenvalue weighted by atomic mass is 10.0. The summed E-state index contributed by atoms with van der Waals surface area (Å²) >= 11 is 1.51. The van der Waals surface area contributed by atoms with Crippen molar-refractivity contribution in [1.29, 1.82) is 0 Å². The number of nitrogens with zero attached hydrogens (tertiary/aromatic N) is 2. The van der Waals surface area contributed by atoms with Crippen LogP contribution in [0.1, 0.15) is 52.5 Å². The van der Waals surface area contributed by atoms with E-state index in [9.17, 15) is 9.90 Å². The van der Waals surface area contributed by atoms with Crippen LogP contribution in [0.2, 0.25) is 0 Å². The van der Waals surface area contributed by atoms with Crippen LogP contribution in [-0.4, -0.2) is 35.6 Å². The van der Waals surface area contributed by atoms with Crippen LogP contribution in [0.15, 0.2) is 23.6 Å². The molecule has 0 saturated carbocycles. The number of anilines is 1. The first-order valence-electron chi connectivity index (χ1n) is 8.78. The van der Waals surface area contributed by atoms with Crippen LogP contribution in [0, 0.1) is 13.8 Å². The zero-order valence-corrected chi connectivity index (χ0v) is 15.6. The third-order valence-corrected chi connectivity index (χ3v) is 5.34. The number of carbonyl (C=O) groups excluding carboxylic acids is 1. The van der Waals surface area contributed by atoms with Gasteiger partial charge in [-0.15, -0.1) is 11.3 Å². The number of amides is 1. The molecule has 2 N–H and O–H groups in total. The monoisotopic (exact) mass is 359 g/mol. The first-order chi connectivity index (χ1) is 12.0. The smallest absolute Gasteiger partial charge is 0.270 e. The molecular formula is C19H25N3O2S. The van der Waals surface area contributed by atoms with Crippen LogP contribution in [-0.2, 0) is 0 Å². The number of aromatic nitrogens is 1. The van der Waals surface area contributed by atoms with E-state index >= 15 is 0 Å². The summed E-state index contributed by atoms with van der Waals surface area (Å²) in [5.41, 5.74) is 3.46. The molecule has 1 aliphatic rings. The average molecular weight is 359 g/mol. The molecule has 1 atom stereocenters. The van der Waals surface area contributed by atoms with Crippen molar-refractivity contribution in [3.05, 3.63) is 46.0 Å². The van der Waals surface area contributed by atoms with Crippen LogP contribution in [0.5, 0.6) is 0 Å². The van der Waals surface area contributed by atoms with E-state index in [-0.39, 0.29) is 12.5 Å². The Bertz CT molecular complexity index is 718. The summed E-state index contributed by atoms with van der Waals surface area (Å²) in [6.45, 7) is 6.21. The molecule has 1 aromatic heterocycles. The summed E-state index contributed by atoms with van der Waals surface area (Å²) in [4.78, 5) is 19.0. The highest BCUT2D eigenvalue weighted by Crippen LogP contribution is 2.24. The normalized spacial score (nSPS) is 15.9. The van der Waals surface area contributed by atoms with E-state index in [1.807, 2.05) is 26.0 Å². The van der Waals surface area contributed by atoms with Crippen molar-refractivity contribution in [3.8, 4) is 0 Å². The quantitative estimate of drug-likeness (QED) is 0.860. The molecule has 1 saturated heterocycles. The lowest BCUT2D eigenvalue weighted by Crippen LogP contribution is -2.30. The zero-order valence-electron chi connectivity index (χ0n) is 14.8. The third kappa shape index (κ3) is 4.58. The van der Waals surface area contributed by atoms with Gasteiger partial charge in [0.15, 0.2) is 5.13 Å². The van der Waals surface area contributed by atoms with Gasteiger partial charge in [-0.1, -0.05) is 29.3 Å². The fourth-order valence-electron chi connectivity index (χ4n) is 3.20. The molecule has 3 rings (SSSR count). The van der Waals surface area contributed by atoms with E-state index in [4.69, 9.17) is 0 Å². The SMILES string of the molecule is Cc1cc(C)cc(C(O)CNC(=O)c2csc(N3CCCCC3)n2)c1. The minimum Gasteiger partial charge on any atom is -0.387 e. The van der Waals surface area contributed by atoms with Crippen LogP contribution in [0.25, 0.3) is 0 Å². The van der Waals surface area contributed by atoms with Crippen molar-refractivity contribution in [3.63, 3.8) is 0 Å². The molecule has 134 valence electrons. The minimum absolute atomic E-state index is 0.179. The van der Waals surface area contributed by atoms with Gasteiger partial charge in [-0.3, -0.25) is 4.79 Å². The highest BCUT2D eigenvalue weighted by atomic mass is 32.1. The number of rotatable bonds is 5. The first kappa shape index (κ1) is 17.9. The molecule has 2 heterocycles. The molecule has 1 unspecified atom stereocenters. The maximum absolute atomic E-state index is 12.3. The predicted molar refractivity (Wildman–Crippen MR) is 101 cm³/mol. The number of carbonyl (C=O) groups is 1. The summed E-state index contributed by atoms with van der Waals surface area (Å²) in [6, 6.07) is 5.95. The topological polar surface area (TPSA) is 65.5 Å². The van der Waals surface area contributed by atoms with E-state index in [2.05, 4.69) is 21.3 Å². The maximum Gasteiger partial charge on any atom is 0.270 e. The van der Waals surface area contributed by atoms with Crippen molar-refractivity contribution in [1.82, 2.24) is 10.3 Å².